The zero-order chi connectivity index (χ0) is 22.3. The number of nitrogens with one attached hydrogen (secondary N) is 1. The summed E-state index contributed by atoms with van der Waals surface area (Å²) in [6.45, 7) is 5.72. The lowest BCUT2D eigenvalue weighted by Crippen LogP contribution is -2.42. The number of hydrogen-bond donors (Lipinski definition) is 1. The quantitative estimate of drug-likeness (QED) is 0.522. The Morgan fingerprint density at radius 3 is 2.52 bits per heavy atom. The van der Waals surface area contributed by atoms with E-state index in [0.717, 1.165) is 40.8 Å². The van der Waals surface area contributed by atoms with E-state index in [2.05, 4.69) is 33.1 Å². The van der Waals surface area contributed by atoms with Gasteiger partial charge in [0.25, 0.3) is 10.0 Å². The summed E-state index contributed by atoms with van der Waals surface area (Å²) >= 11 is 3.39. The van der Waals surface area contributed by atoms with Crippen molar-refractivity contribution >= 4 is 37.5 Å². The number of anilines is 1. The molecule has 0 spiro atoms. The molecule has 1 amide bonds. The number of sulfonamides is 1. The van der Waals surface area contributed by atoms with Crippen LogP contribution in [0, 0.1) is 5.92 Å². The first-order chi connectivity index (χ1) is 14.9. The molecule has 1 aliphatic heterocycles. The molecule has 0 atom stereocenters. The molecule has 1 aliphatic rings. The SMILES string of the molecule is CC1CCN(CCCNC(=O)CN(c2cccc(Br)c2)S(=O)(=O)c2ccccc2)CC1. The molecule has 1 fully saturated rings. The lowest BCUT2D eigenvalue weighted by molar-refractivity contribution is -0.119. The highest BCUT2D eigenvalue weighted by Crippen LogP contribution is 2.26. The molecule has 0 unspecified atom stereocenters. The molecule has 0 radical (unpaired) electrons. The number of nitrogens with zero attached hydrogens (tertiary/aromatic N) is 2. The van der Waals surface area contributed by atoms with E-state index in [0.29, 0.717) is 12.2 Å². The summed E-state index contributed by atoms with van der Waals surface area (Å²) < 4.78 is 28.4. The Hall–Kier alpha value is -1.90. The molecule has 1 heterocycles. The van der Waals surface area contributed by atoms with Gasteiger partial charge in [0.15, 0.2) is 0 Å². The maximum atomic E-state index is 13.3. The van der Waals surface area contributed by atoms with Crippen LogP contribution >= 0.6 is 15.9 Å². The van der Waals surface area contributed by atoms with Gasteiger partial charge in [-0.05, 0) is 75.1 Å². The second kappa shape index (κ2) is 11.1. The average Bonchev–Trinajstić information content (AvgIpc) is 2.77. The molecule has 0 saturated carbocycles. The maximum Gasteiger partial charge on any atom is 0.264 e. The summed E-state index contributed by atoms with van der Waals surface area (Å²) in [5.41, 5.74) is 0.441. The molecule has 3 rings (SSSR count). The summed E-state index contributed by atoms with van der Waals surface area (Å²) in [7, 11) is -3.88. The van der Waals surface area contributed by atoms with Gasteiger partial charge in [-0.15, -0.1) is 0 Å². The van der Waals surface area contributed by atoms with E-state index >= 15 is 0 Å². The number of likely N-dealkylation sites (tertiary alicyclic amines) is 1. The van der Waals surface area contributed by atoms with Crippen molar-refractivity contribution in [3.05, 3.63) is 59.1 Å². The first kappa shape index (κ1) is 23.8. The minimum Gasteiger partial charge on any atom is -0.354 e. The number of carbonyl (C=O) groups excluding carboxylic acids is 1. The van der Waals surface area contributed by atoms with Crippen molar-refractivity contribution in [2.75, 3.05) is 37.0 Å². The Bertz CT molecular complexity index is 961. The fourth-order valence-electron chi connectivity index (χ4n) is 3.67. The Morgan fingerprint density at radius 1 is 1.13 bits per heavy atom. The van der Waals surface area contributed by atoms with Gasteiger partial charge in [0, 0.05) is 11.0 Å². The minimum absolute atomic E-state index is 0.155. The predicted molar refractivity (Wildman–Crippen MR) is 128 cm³/mol. The van der Waals surface area contributed by atoms with Crippen LogP contribution in [0.4, 0.5) is 5.69 Å². The van der Waals surface area contributed by atoms with Gasteiger partial charge >= 0.3 is 0 Å². The van der Waals surface area contributed by atoms with Gasteiger partial charge in [0.2, 0.25) is 5.91 Å². The standard InChI is InChI=1S/C23H30BrN3O3S/c1-19-11-15-26(16-12-19)14-6-13-25-23(28)18-27(21-8-5-7-20(24)17-21)31(29,30)22-9-3-2-4-10-22/h2-5,7-10,17,19H,6,11-16,18H2,1H3,(H,25,28). The van der Waals surface area contributed by atoms with E-state index in [1.807, 2.05) is 6.07 Å². The Labute approximate surface area is 193 Å². The number of amides is 1. The number of halogens is 1. The molecule has 0 aliphatic carbocycles. The van der Waals surface area contributed by atoms with Crippen molar-refractivity contribution in [1.82, 2.24) is 10.2 Å². The molecular formula is C23H30BrN3O3S. The van der Waals surface area contributed by atoms with E-state index in [1.54, 1.807) is 36.4 Å². The Kier molecular flexibility index (Phi) is 8.51. The lowest BCUT2D eigenvalue weighted by Gasteiger charge is -2.30. The smallest absolute Gasteiger partial charge is 0.264 e. The number of piperidine rings is 1. The van der Waals surface area contributed by atoms with E-state index < -0.39 is 10.0 Å². The predicted octanol–water partition coefficient (Wildman–Crippen LogP) is 3.88. The fourth-order valence-corrected chi connectivity index (χ4v) is 5.49. The second-order valence-corrected chi connectivity index (χ2v) is 10.8. The summed E-state index contributed by atoms with van der Waals surface area (Å²) in [6.07, 6.45) is 3.30. The summed E-state index contributed by atoms with van der Waals surface area (Å²) in [5, 5.41) is 2.89. The highest BCUT2D eigenvalue weighted by Gasteiger charge is 2.27. The van der Waals surface area contributed by atoms with Gasteiger partial charge in [-0.1, -0.05) is 47.1 Å². The van der Waals surface area contributed by atoms with E-state index in [-0.39, 0.29) is 17.3 Å². The molecular weight excluding hydrogens is 478 g/mol. The highest BCUT2D eigenvalue weighted by molar-refractivity contribution is 9.10. The van der Waals surface area contributed by atoms with Crippen LogP contribution in [0.25, 0.3) is 0 Å². The van der Waals surface area contributed by atoms with Crippen molar-refractivity contribution < 1.29 is 13.2 Å². The maximum absolute atomic E-state index is 13.3. The molecule has 2 aromatic carbocycles. The summed E-state index contributed by atoms with van der Waals surface area (Å²) in [5.74, 6) is 0.485. The van der Waals surface area contributed by atoms with Crippen LogP contribution in [-0.4, -0.2) is 51.9 Å². The average molecular weight is 508 g/mol. The fraction of sp³-hybridized carbons (Fsp3) is 0.435. The zero-order valence-corrected chi connectivity index (χ0v) is 20.2. The first-order valence-electron chi connectivity index (χ1n) is 10.7. The molecule has 0 aromatic heterocycles. The van der Waals surface area contributed by atoms with Crippen molar-refractivity contribution in [2.45, 2.75) is 31.1 Å². The van der Waals surface area contributed by atoms with Gasteiger partial charge in [0.1, 0.15) is 6.54 Å². The van der Waals surface area contributed by atoms with Crippen LogP contribution in [0.5, 0.6) is 0 Å². The Balaban J connectivity index is 1.63. The molecule has 0 bridgehead atoms. The third-order valence-electron chi connectivity index (χ3n) is 5.56. The first-order valence-corrected chi connectivity index (χ1v) is 12.9. The lowest BCUT2D eigenvalue weighted by atomic mass is 9.99. The molecule has 1 saturated heterocycles. The summed E-state index contributed by atoms with van der Waals surface area (Å²) in [6, 6.07) is 15.2. The van der Waals surface area contributed by atoms with Crippen LogP contribution in [0.3, 0.4) is 0 Å². The van der Waals surface area contributed by atoms with Gasteiger partial charge < -0.3 is 10.2 Å². The number of hydrogen-bond acceptors (Lipinski definition) is 4. The number of benzene rings is 2. The van der Waals surface area contributed by atoms with Crippen molar-refractivity contribution in [3.63, 3.8) is 0 Å². The highest BCUT2D eigenvalue weighted by atomic mass is 79.9. The van der Waals surface area contributed by atoms with Crippen LogP contribution in [-0.2, 0) is 14.8 Å². The summed E-state index contributed by atoms with van der Waals surface area (Å²) in [4.78, 5) is 15.2. The number of carbonyl (C=O) groups is 1. The largest absolute Gasteiger partial charge is 0.354 e. The van der Waals surface area contributed by atoms with Crippen molar-refractivity contribution in [1.29, 1.82) is 0 Å². The van der Waals surface area contributed by atoms with Gasteiger partial charge in [-0.2, -0.15) is 0 Å². The zero-order valence-electron chi connectivity index (χ0n) is 17.8. The molecule has 31 heavy (non-hydrogen) atoms. The van der Waals surface area contributed by atoms with Gasteiger partial charge in [0.05, 0.1) is 10.6 Å². The monoisotopic (exact) mass is 507 g/mol. The third kappa shape index (κ3) is 6.79. The van der Waals surface area contributed by atoms with Crippen LogP contribution in [0.2, 0.25) is 0 Å². The molecule has 168 valence electrons. The molecule has 6 nitrogen and oxygen atoms in total. The normalized spacial score (nSPS) is 15.5. The van der Waals surface area contributed by atoms with Gasteiger partial charge in [-0.3, -0.25) is 9.10 Å². The molecule has 2 aromatic rings. The third-order valence-corrected chi connectivity index (χ3v) is 7.85. The van der Waals surface area contributed by atoms with Gasteiger partial charge in [-0.25, -0.2) is 8.42 Å². The Morgan fingerprint density at radius 2 is 1.84 bits per heavy atom. The topological polar surface area (TPSA) is 69.7 Å². The van der Waals surface area contributed by atoms with Crippen LogP contribution in [0.1, 0.15) is 26.2 Å². The van der Waals surface area contributed by atoms with E-state index in [4.69, 9.17) is 0 Å². The molecule has 1 N–H and O–H groups in total. The van der Waals surface area contributed by atoms with Crippen LogP contribution in [0.15, 0.2) is 64.0 Å². The van der Waals surface area contributed by atoms with Crippen molar-refractivity contribution in [2.24, 2.45) is 5.92 Å². The van der Waals surface area contributed by atoms with Crippen molar-refractivity contribution in [3.8, 4) is 0 Å². The van der Waals surface area contributed by atoms with E-state index in [9.17, 15) is 13.2 Å². The van der Waals surface area contributed by atoms with Crippen LogP contribution < -0.4 is 9.62 Å². The minimum atomic E-state index is -3.88. The second-order valence-electron chi connectivity index (χ2n) is 8.03. The van der Waals surface area contributed by atoms with E-state index in [1.165, 1.54) is 25.0 Å². The number of rotatable bonds is 9. The molecule has 8 heteroatoms.